The number of hydrogen-bond donors (Lipinski definition) is 2. The molecule has 1 heterocycles. The monoisotopic (exact) mass is 344 g/mol. The van der Waals surface area contributed by atoms with Crippen LogP contribution >= 0.6 is 0 Å². The summed E-state index contributed by atoms with van der Waals surface area (Å²) in [6.07, 6.45) is 1.97. The highest BCUT2D eigenvalue weighted by atomic mass is 19.1. The van der Waals surface area contributed by atoms with Crippen LogP contribution in [0.25, 0.3) is 11.1 Å². The second-order valence-corrected chi connectivity index (χ2v) is 6.94. The van der Waals surface area contributed by atoms with E-state index in [-0.39, 0.29) is 16.8 Å². The first-order chi connectivity index (χ1) is 12.0. The molecule has 1 aliphatic heterocycles. The fourth-order valence-corrected chi connectivity index (χ4v) is 3.12. The second-order valence-electron chi connectivity index (χ2n) is 6.94. The van der Waals surface area contributed by atoms with Crippen molar-refractivity contribution < 1.29 is 13.6 Å². The smallest absolute Gasteiger partial charge is 0.254 e. The van der Waals surface area contributed by atoms with Gasteiger partial charge < -0.3 is 10.6 Å². The van der Waals surface area contributed by atoms with Gasteiger partial charge in [-0.05, 0) is 66.7 Å². The number of halogens is 2. The van der Waals surface area contributed by atoms with Crippen molar-refractivity contribution in [3.63, 3.8) is 0 Å². The summed E-state index contributed by atoms with van der Waals surface area (Å²) < 4.78 is 27.4. The van der Waals surface area contributed by atoms with Crippen LogP contribution in [0.15, 0.2) is 42.5 Å². The van der Waals surface area contributed by atoms with Crippen LogP contribution in [-0.2, 0) is 0 Å². The summed E-state index contributed by atoms with van der Waals surface area (Å²) in [5, 5.41) is 6.16. The lowest BCUT2D eigenvalue weighted by atomic mass is 9.81. The highest BCUT2D eigenvalue weighted by molar-refractivity contribution is 5.95. The number of benzene rings is 2. The van der Waals surface area contributed by atoms with Gasteiger partial charge >= 0.3 is 0 Å². The van der Waals surface area contributed by atoms with E-state index in [0.29, 0.717) is 17.7 Å². The highest BCUT2D eigenvalue weighted by Crippen LogP contribution is 2.27. The number of carbonyl (C=O) groups is 1. The van der Waals surface area contributed by atoms with Crippen molar-refractivity contribution in [2.75, 3.05) is 19.6 Å². The molecule has 2 aromatic carbocycles. The van der Waals surface area contributed by atoms with Crippen LogP contribution in [0.1, 0.15) is 30.1 Å². The molecule has 25 heavy (non-hydrogen) atoms. The van der Waals surface area contributed by atoms with E-state index in [0.717, 1.165) is 25.9 Å². The minimum atomic E-state index is -0.574. The van der Waals surface area contributed by atoms with Gasteiger partial charge in [0, 0.05) is 6.54 Å². The van der Waals surface area contributed by atoms with Crippen molar-refractivity contribution in [2.24, 2.45) is 5.41 Å². The summed E-state index contributed by atoms with van der Waals surface area (Å²) in [4.78, 5) is 12.3. The summed E-state index contributed by atoms with van der Waals surface area (Å²) in [5.74, 6) is -1.32. The summed E-state index contributed by atoms with van der Waals surface area (Å²) in [6, 6.07) is 10.3. The minimum absolute atomic E-state index is 0.0309. The summed E-state index contributed by atoms with van der Waals surface area (Å²) >= 11 is 0. The van der Waals surface area contributed by atoms with Crippen LogP contribution in [0.2, 0.25) is 0 Å². The average Bonchev–Trinajstić information content (AvgIpc) is 2.61. The maximum atomic E-state index is 14.4. The molecule has 2 N–H and O–H groups in total. The lowest BCUT2D eigenvalue weighted by molar-refractivity contribution is 0.0918. The minimum Gasteiger partial charge on any atom is -0.351 e. The average molecular weight is 344 g/mol. The largest absolute Gasteiger partial charge is 0.351 e. The number of piperidine rings is 1. The second kappa shape index (κ2) is 7.31. The molecule has 0 bridgehead atoms. The normalized spacial score (nSPS) is 16.4. The molecule has 0 saturated carbocycles. The molecule has 0 unspecified atom stereocenters. The molecule has 0 radical (unpaired) electrons. The molecule has 1 saturated heterocycles. The number of nitrogens with one attached hydrogen (secondary N) is 2. The van der Waals surface area contributed by atoms with Crippen LogP contribution in [0.3, 0.4) is 0 Å². The van der Waals surface area contributed by atoms with Crippen LogP contribution in [0, 0.1) is 17.0 Å². The maximum absolute atomic E-state index is 14.4. The topological polar surface area (TPSA) is 41.1 Å². The van der Waals surface area contributed by atoms with E-state index in [1.54, 1.807) is 18.2 Å². The predicted octanol–water partition coefficient (Wildman–Crippen LogP) is 3.75. The summed E-state index contributed by atoms with van der Waals surface area (Å²) in [7, 11) is 0. The first-order valence-electron chi connectivity index (χ1n) is 8.51. The molecule has 1 aliphatic rings. The van der Waals surface area contributed by atoms with Gasteiger partial charge in [0.25, 0.3) is 5.91 Å². The first kappa shape index (κ1) is 17.5. The van der Waals surface area contributed by atoms with E-state index < -0.39 is 11.7 Å². The third kappa shape index (κ3) is 4.23. The Balaban J connectivity index is 1.69. The van der Waals surface area contributed by atoms with Gasteiger partial charge in [-0.25, -0.2) is 8.78 Å². The summed E-state index contributed by atoms with van der Waals surface area (Å²) in [6.45, 7) is 4.55. The van der Waals surface area contributed by atoms with E-state index in [1.807, 2.05) is 0 Å². The van der Waals surface area contributed by atoms with Crippen molar-refractivity contribution in [3.05, 3.63) is 59.7 Å². The fraction of sp³-hybridized carbons (Fsp3) is 0.350. The number of amides is 1. The van der Waals surface area contributed by atoms with Gasteiger partial charge in [0.1, 0.15) is 11.6 Å². The van der Waals surface area contributed by atoms with Gasteiger partial charge in [0.15, 0.2) is 0 Å². The first-order valence-corrected chi connectivity index (χ1v) is 8.51. The van der Waals surface area contributed by atoms with Crippen molar-refractivity contribution >= 4 is 5.91 Å². The molecule has 0 atom stereocenters. The zero-order valence-corrected chi connectivity index (χ0v) is 14.2. The van der Waals surface area contributed by atoms with Gasteiger partial charge in [-0.15, -0.1) is 0 Å². The molecule has 5 heteroatoms. The van der Waals surface area contributed by atoms with E-state index in [9.17, 15) is 13.6 Å². The lowest BCUT2D eigenvalue weighted by Gasteiger charge is -2.34. The molecule has 0 aromatic heterocycles. The summed E-state index contributed by atoms with van der Waals surface area (Å²) in [5.41, 5.74) is 1.39. The Morgan fingerprint density at radius 2 is 1.72 bits per heavy atom. The van der Waals surface area contributed by atoms with Crippen molar-refractivity contribution in [3.8, 4) is 11.1 Å². The van der Waals surface area contributed by atoms with Gasteiger partial charge in [-0.3, -0.25) is 4.79 Å². The molecule has 0 spiro atoms. The zero-order valence-electron chi connectivity index (χ0n) is 14.2. The standard InChI is InChI=1S/C20H22F2N2O/c1-20(8-10-23-11-9-20)13-24-19(25)17-7-4-15(12-18(17)22)14-2-5-16(21)6-3-14/h2-7,12,23H,8-11,13H2,1H3,(H,24,25). The van der Waals surface area contributed by atoms with Gasteiger partial charge in [0.05, 0.1) is 5.56 Å². The van der Waals surface area contributed by atoms with Gasteiger partial charge in [-0.2, -0.15) is 0 Å². The molecule has 3 rings (SSSR count). The molecule has 1 fully saturated rings. The van der Waals surface area contributed by atoms with Crippen molar-refractivity contribution in [1.82, 2.24) is 10.6 Å². The molecule has 1 amide bonds. The Kier molecular flexibility index (Phi) is 5.13. The molecule has 3 nitrogen and oxygen atoms in total. The Morgan fingerprint density at radius 1 is 1.08 bits per heavy atom. The van der Waals surface area contributed by atoms with Gasteiger partial charge in [-0.1, -0.05) is 25.1 Å². The van der Waals surface area contributed by atoms with Crippen LogP contribution in [-0.4, -0.2) is 25.5 Å². The quantitative estimate of drug-likeness (QED) is 0.887. The Labute approximate surface area is 146 Å². The molecule has 0 aliphatic carbocycles. The van der Waals surface area contributed by atoms with E-state index in [2.05, 4.69) is 17.6 Å². The molecule has 132 valence electrons. The third-order valence-electron chi connectivity index (χ3n) is 4.88. The molecular formula is C20H22F2N2O. The van der Waals surface area contributed by atoms with E-state index in [1.165, 1.54) is 24.3 Å². The third-order valence-corrected chi connectivity index (χ3v) is 4.88. The maximum Gasteiger partial charge on any atom is 0.254 e. The highest BCUT2D eigenvalue weighted by Gasteiger charge is 2.27. The molecular weight excluding hydrogens is 322 g/mol. The van der Waals surface area contributed by atoms with Crippen LogP contribution in [0.5, 0.6) is 0 Å². The SMILES string of the molecule is CC1(CNC(=O)c2ccc(-c3ccc(F)cc3)cc2F)CCNCC1. The lowest BCUT2D eigenvalue weighted by Crippen LogP contribution is -2.43. The number of rotatable bonds is 4. The van der Waals surface area contributed by atoms with Crippen molar-refractivity contribution in [2.45, 2.75) is 19.8 Å². The van der Waals surface area contributed by atoms with Gasteiger partial charge in [0.2, 0.25) is 0 Å². The number of carbonyl (C=O) groups excluding carboxylic acids is 1. The van der Waals surface area contributed by atoms with Crippen LogP contribution in [0.4, 0.5) is 8.78 Å². The Morgan fingerprint density at radius 3 is 2.36 bits per heavy atom. The molecule has 2 aromatic rings. The Hall–Kier alpha value is -2.27. The zero-order chi connectivity index (χ0) is 17.9. The van der Waals surface area contributed by atoms with E-state index >= 15 is 0 Å². The number of hydrogen-bond acceptors (Lipinski definition) is 2. The Bertz CT molecular complexity index is 753. The predicted molar refractivity (Wildman–Crippen MR) is 94.3 cm³/mol. The van der Waals surface area contributed by atoms with E-state index in [4.69, 9.17) is 0 Å². The van der Waals surface area contributed by atoms with Crippen molar-refractivity contribution in [1.29, 1.82) is 0 Å². The fourth-order valence-electron chi connectivity index (χ4n) is 3.12. The van der Waals surface area contributed by atoms with Crippen LogP contribution < -0.4 is 10.6 Å².